The summed E-state index contributed by atoms with van der Waals surface area (Å²) in [6.45, 7) is 6.36. The van der Waals surface area contributed by atoms with Gasteiger partial charge < -0.3 is 19.1 Å². The maximum absolute atomic E-state index is 11.7. The number of methoxy groups -OCH3 is 1. The fourth-order valence-corrected chi connectivity index (χ4v) is 1.42. The Labute approximate surface area is 120 Å². The smallest absolute Gasteiger partial charge is 0.410 e. The van der Waals surface area contributed by atoms with Crippen molar-refractivity contribution in [3.8, 4) is 11.5 Å². The molecule has 0 saturated carbocycles. The zero-order valence-electron chi connectivity index (χ0n) is 12.8. The lowest BCUT2D eigenvalue weighted by Gasteiger charge is -2.24. The highest BCUT2D eigenvalue weighted by Crippen LogP contribution is 2.18. The summed E-state index contributed by atoms with van der Waals surface area (Å²) in [5.74, 6) is 1.45. The minimum atomic E-state index is -0.487. The van der Waals surface area contributed by atoms with E-state index in [2.05, 4.69) is 0 Å². The Hall–Kier alpha value is -1.91. The second-order valence-corrected chi connectivity index (χ2v) is 5.43. The van der Waals surface area contributed by atoms with Crippen molar-refractivity contribution >= 4 is 6.09 Å². The summed E-state index contributed by atoms with van der Waals surface area (Å²) in [5, 5.41) is 0. The van der Waals surface area contributed by atoms with Crippen LogP contribution in [0.25, 0.3) is 0 Å². The first kappa shape index (κ1) is 16.1. The van der Waals surface area contributed by atoms with Gasteiger partial charge in [-0.2, -0.15) is 0 Å². The molecule has 1 aromatic rings. The lowest BCUT2D eigenvalue weighted by molar-refractivity contribution is 0.0278. The average molecular weight is 281 g/mol. The van der Waals surface area contributed by atoms with Crippen molar-refractivity contribution < 1.29 is 19.0 Å². The van der Waals surface area contributed by atoms with Crippen LogP contribution >= 0.6 is 0 Å². The first-order chi connectivity index (χ1) is 9.31. The summed E-state index contributed by atoms with van der Waals surface area (Å²) in [4.78, 5) is 13.2. The van der Waals surface area contributed by atoms with E-state index in [-0.39, 0.29) is 6.09 Å². The van der Waals surface area contributed by atoms with Gasteiger partial charge in [-0.25, -0.2) is 4.79 Å². The molecule has 0 saturated heterocycles. The summed E-state index contributed by atoms with van der Waals surface area (Å²) >= 11 is 0. The Morgan fingerprint density at radius 2 is 1.90 bits per heavy atom. The van der Waals surface area contributed by atoms with Crippen LogP contribution in [-0.4, -0.2) is 43.9 Å². The largest absolute Gasteiger partial charge is 0.497 e. The number of hydrogen-bond donors (Lipinski definition) is 0. The molecule has 0 spiro atoms. The van der Waals surface area contributed by atoms with Crippen molar-refractivity contribution in [3.63, 3.8) is 0 Å². The number of benzene rings is 1. The minimum absolute atomic E-state index is 0.355. The number of carbonyl (C=O) groups is 1. The summed E-state index contributed by atoms with van der Waals surface area (Å²) in [6.07, 6.45) is -0.355. The van der Waals surface area contributed by atoms with Crippen molar-refractivity contribution in [3.05, 3.63) is 24.3 Å². The van der Waals surface area contributed by atoms with Crippen molar-refractivity contribution in [1.29, 1.82) is 0 Å². The molecule has 0 fully saturated rings. The Morgan fingerprint density at radius 1 is 1.25 bits per heavy atom. The molecule has 0 bridgehead atoms. The highest BCUT2D eigenvalue weighted by Gasteiger charge is 2.19. The fourth-order valence-electron chi connectivity index (χ4n) is 1.42. The zero-order valence-corrected chi connectivity index (χ0v) is 12.8. The molecular weight excluding hydrogens is 258 g/mol. The summed E-state index contributed by atoms with van der Waals surface area (Å²) < 4.78 is 15.9. The zero-order chi connectivity index (χ0) is 15.2. The van der Waals surface area contributed by atoms with Gasteiger partial charge in [0.25, 0.3) is 0 Å². The number of rotatable bonds is 5. The maximum atomic E-state index is 11.7. The third-order valence-electron chi connectivity index (χ3n) is 2.44. The topological polar surface area (TPSA) is 48.0 Å². The second-order valence-electron chi connectivity index (χ2n) is 5.43. The van der Waals surface area contributed by atoms with Gasteiger partial charge in [-0.1, -0.05) is 6.07 Å². The van der Waals surface area contributed by atoms with Crippen LogP contribution in [0.1, 0.15) is 20.8 Å². The number of likely N-dealkylation sites (N-methyl/N-ethyl adjacent to an activating group) is 1. The normalized spacial score (nSPS) is 10.8. The summed E-state index contributed by atoms with van der Waals surface area (Å²) in [6, 6.07) is 7.34. The standard InChI is InChI=1S/C15H23NO4/c1-15(2,3)20-14(17)16(4)9-10-19-13-8-6-7-12(11-13)18-5/h6-8,11H,9-10H2,1-5H3. The number of hydrogen-bond acceptors (Lipinski definition) is 4. The molecule has 0 heterocycles. The van der Waals surface area contributed by atoms with Gasteiger partial charge in [-0.05, 0) is 32.9 Å². The Morgan fingerprint density at radius 3 is 2.50 bits per heavy atom. The fraction of sp³-hybridized carbons (Fsp3) is 0.533. The third-order valence-corrected chi connectivity index (χ3v) is 2.44. The molecule has 0 aliphatic rings. The van der Waals surface area contributed by atoms with E-state index in [1.54, 1.807) is 20.2 Å². The summed E-state index contributed by atoms with van der Waals surface area (Å²) in [7, 11) is 3.29. The molecule has 5 nitrogen and oxygen atoms in total. The van der Waals surface area contributed by atoms with Gasteiger partial charge in [0, 0.05) is 13.1 Å². The molecule has 0 aliphatic heterocycles. The van der Waals surface area contributed by atoms with E-state index in [0.29, 0.717) is 18.9 Å². The monoisotopic (exact) mass is 281 g/mol. The number of carbonyl (C=O) groups excluding carboxylic acids is 1. The molecule has 0 atom stereocenters. The minimum Gasteiger partial charge on any atom is -0.497 e. The molecule has 1 rings (SSSR count). The van der Waals surface area contributed by atoms with E-state index in [1.807, 2.05) is 39.0 Å². The maximum Gasteiger partial charge on any atom is 0.410 e. The predicted octanol–water partition coefficient (Wildman–Crippen LogP) is 2.94. The van der Waals surface area contributed by atoms with E-state index in [4.69, 9.17) is 14.2 Å². The van der Waals surface area contributed by atoms with E-state index in [0.717, 1.165) is 5.75 Å². The molecule has 1 aromatic carbocycles. The van der Waals surface area contributed by atoms with Crippen LogP contribution in [0, 0.1) is 0 Å². The molecule has 20 heavy (non-hydrogen) atoms. The van der Waals surface area contributed by atoms with Crippen molar-refractivity contribution in [2.24, 2.45) is 0 Å². The van der Waals surface area contributed by atoms with Gasteiger partial charge in [0.1, 0.15) is 23.7 Å². The van der Waals surface area contributed by atoms with Gasteiger partial charge in [0.2, 0.25) is 0 Å². The van der Waals surface area contributed by atoms with Gasteiger partial charge in [0.05, 0.1) is 13.7 Å². The Balaban J connectivity index is 2.38. The molecule has 0 N–H and O–H groups in total. The molecule has 0 aliphatic carbocycles. The number of nitrogens with zero attached hydrogens (tertiary/aromatic N) is 1. The van der Waals surface area contributed by atoms with E-state index in [9.17, 15) is 4.79 Å². The third kappa shape index (κ3) is 5.82. The van der Waals surface area contributed by atoms with Crippen LogP contribution in [0.4, 0.5) is 4.79 Å². The number of ether oxygens (including phenoxy) is 3. The highest BCUT2D eigenvalue weighted by atomic mass is 16.6. The predicted molar refractivity (Wildman–Crippen MR) is 77.4 cm³/mol. The van der Waals surface area contributed by atoms with Crippen LogP contribution in [-0.2, 0) is 4.74 Å². The molecule has 5 heteroatoms. The lowest BCUT2D eigenvalue weighted by atomic mass is 10.2. The highest BCUT2D eigenvalue weighted by molar-refractivity contribution is 5.67. The van der Waals surface area contributed by atoms with Crippen molar-refractivity contribution in [1.82, 2.24) is 4.90 Å². The SMILES string of the molecule is COc1cccc(OCCN(C)C(=O)OC(C)(C)C)c1. The van der Waals surface area contributed by atoms with Gasteiger partial charge in [-0.15, -0.1) is 0 Å². The Bertz CT molecular complexity index is 440. The van der Waals surface area contributed by atoms with Crippen molar-refractivity contribution in [2.75, 3.05) is 27.3 Å². The lowest BCUT2D eigenvalue weighted by Crippen LogP contribution is -2.36. The van der Waals surface area contributed by atoms with Crippen LogP contribution in [0.5, 0.6) is 11.5 Å². The van der Waals surface area contributed by atoms with Gasteiger partial charge in [0.15, 0.2) is 0 Å². The molecule has 0 aromatic heterocycles. The molecule has 0 radical (unpaired) electrons. The molecular formula is C15H23NO4. The number of amides is 1. The summed E-state index contributed by atoms with van der Waals surface area (Å²) in [5.41, 5.74) is -0.487. The van der Waals surface area contributed by atoms with Crippen LogP contribution in [0.2, 0.25) is 0 Å². The van der Waals surface area contributed by atoms with E-state index in [1.165, 1.54) is 4.90 Å². The van der Waals surface area contributed by atoms with Gasteiger partial charge in [-0.3, -0.25) is 0 Å². The quantitative estimate of drug-likeness (QED) is 0.832. The Kier molecular flexibility index (Phi) is 5.67. The van der Waals surface area contributed by atoms with Crippen LogP contribution in [0.3, 0.4) is 0 Å². The van der Waals surface area contributed by atoms with Crippen LogP contribution < -0.4 is 9.47 Å². The van der Waals surface area contributed by atoms with Gasteiger partial charge >= 0.3 is 6.09 Å². The van der Waals surface area contributed by atoms with Crippen LogP contribution in [0.15, 0.2) is 24.3 Å². The molecule has 0 unspecified atom stereocenters. The van der Waals surface area contributed by atoms with E-state index < -0.39 is 5.60 Å². The first-order valence-electron chi connectivity index (χ1n) is 6.53. The average Bonchev–Trinajstić information content (AvgIpc) is 2.37. The first-order valence-corrected chi connectivity index (χ1v) is 6.53. The van der Waals surface area contributed by atoms with E-state index >= 15 is 0 Å². The van der Waals surface area contributed by atoms with Crippen molar-refractivity contribution in [2.45, 2.75) is 26.4 Å². The second kappa shape index (κ2) is 7.03. The molecule has 1 amide bonds. The molecule has 112 valence electrons.